The molecule has 0 N–H and O–H groups in total. The molecule has 47 heavy (non-hydrogen) atoms. The van der Waals surface area contributed by atoms with Crippen LogP contribution < -0.4 is 0 Å². The summed E-state index contributed by atoms with van der Waals surface area (Å²) in [6.45, 7) is 0. The second-order valence-electron chi connectivity index (χ2n) is 12.5. The lowest BCUT2D eigenvalue weighted by Crippen LogP contribution is -2.26. The number of rotatable bonds is 3. The van der Waals surface area contributed by atoms with Gasteiger partial charge in [-0.2, -0.15) is 0 Å². The van der Waals surface area contributed by atoms with Crippen LogP contribution in [0.2, 0.25) is 0 Å². The number of nitrogens with zero attached hydrogens (tertiary/aromatic N) is 2. The summed E-state index contributed by atoms with van der Waals surface area (Å²) in [6, 6.07) is 61.1. The highest BCUT2D eigenvalue weighted by Crippen LogP contribution is 2.64. The fourth-order valence-corrected chi connectivity index (χ4v) is 8.21. The third-order valence-corrected chi connectivity index (χ3v) is 10.1. The van der Waals surface area contributed by atoms with Gasteiger partial charge >= 0.3 is 0 Å². The molecule has 0 bridgehead atoms. The molecule has 7 aromatic carbocycles. The molecule has 2 aliphatic rings. The van der Waals surface area contributed by atoms with Gasteiger partial charge in [0.2, 0.25) is 0 Å². The van der Waals surface area contributed by atoms with Crippen LogP contribution in [0, 0.1) is 0 Å². The average molecular weight is 597 g/mol. The Balaban J connectivity index is 1.25. The highest BCUT2D eigenvalue weighted by molar-refractivity contribution is 5.99. The fraction of sp³-hybridized carbons (Fsp3) is 0.0222. The van der Waals surface area contributed by atoms with Crippen molar-refractivity contribution in [2.75, 3.05) is 0 Å². The molecule has 0 unspecified atom stereocenters. The van der Waals surface area contributed by atoms with Crippen LogP contribution >= 0.6 is 0 Å². The van der Waals surface area contributed by atoms with Gasteiger partial charge in [-0.1, -0.05) is 164 Å². The monoisotopic (exact) mass is 596 g/mol. The smallest absolute Gasteiger partial charge is 0.160 e. The zero-order chi connectivity index (χ0) is 31.0. The Morgan fingerprint density at radius 1 is 0.340 bits per heavy atom. The van der Waals surface area contributed by atoms with Crippen LogP contribution in [0.3, 0.4) is 0 Å². The van der Waals surface area contributed by atoms with Crippen molar-refractivity contribution in [2.45, 2.75) is 5.41 Å². The first kappa shape index (κ1) is 26.1. The number of benzene rings is 7. The van der Waals surface area contributed by atoms with Crippen LogP contribution in [0.25, 0.3) is 66.9 Å². The molecule has 10 rings (SSSR count). The van der Waals surface area contributed by atoms with Crippen molar-refractivity contribution in [2.24, 2.45) is 0 Å². The Kier molecular flexibility index (Phi) is 5.53. The minimum absolute atomic E-state index is 0.470. The van der Waals surface area contributed by atoms with E-state index in [0.29, 0.717) is 0 Å². The number of aromatic nitrogens is 2. The predicted octanol–water partition coefficient (Wildman–Crippen LogP) is 11.0. The van der Waals surface area contributed by atoms with E-state index in [-0.39, 0.29) is 0 Å². The van der Waals surface area contributed by atoms with Crippen molar-refractivity contribution in [3.05, 3.63) is 192 Å². The average Bonchev–Trinajstić information content (AvgIpc) is 3.62. The summed E-state index contributed by atoms with van der Waals surface area (Å²) in [5.74, 6) is 0.747. The highest BCUT2D eigenvalue weighted by atomic mass is 14.9. The van der Waals surface area contributed by atoms with Gasteiger partial charge in [0.1, 0.15) is 0 Å². The van der Waals surface area contributed by atoms with E-state index in [1.807, 2.05) is 0 Å². The first-order valence-corrected chi connectivity index (χ1v) is 16.2. The summed E-state index contributed by atoms with van der Waals surface area (Å²) in [5.41, 5.74) is 16.3. The minimum atomic E-state index is -0.470. The molecule has 1 aromatic heterocycles. The molecule has 2 heteroatoms. The lowest BCUT2D eigenvalue weighted by Gasteiger charge is -2.32. The molecule has 2 nitrogen and oxygen atoms in total. The molecule has 2 aliphatic carbocycles. The topological polar surface area (TPSA) is 25.8 Å². The van der Waals surface area contributed by atoms with Crippen LogP contribution in [0.15, 0.2) is 170 Å². The van der Waals surface area contributed by atoms with Crippen molar-refractivity contribution in [1.29, 1.82) is 0 Å². The van der Waals surface area contributed by atoms with Crippen LogP contribution in [0.1, 0.15) is 22.3 Å². The van der Waals surface area contributed by atoms with Gasteiger partial charge in [-0.25, -0.2) is 9.97 Å². The second-order valence-corrected chi connectivity index (χ2v) is 12.5. The van der Waals surface area contributed by atoms with E-state index in [9.17, 15) is 0 Å². The molecular formula is C45H28N2. The van der Waals surface area contributed by atoms with E-state index in [2.05, 4.69) is 170 Å². The molecule has 1 spiro atoms. The third kappa shape index (κ3) is 3.61. The first-order valence-electron chi connectivity index (χ1n) is 16.2. The van der Waals surface area contributed by atoms with E-state index in [1.165, 1.54) is 55.6 Å². The highest BCUT2D eigenvalue weighted by Gasteiger charge is 2.52. The second kappa shape index (κ2) is 9.94. The third-order valence-electron chi connectivity index (χ3n) is 10.1. The number of fused-ring (bicyclic) bond motifs is 11. The van der Waals surface area contributed by atoms with Gasteiger partial charge in [0.05, 0.1) is 16.6 Å². The van der Waals surface area contributed by atoms with Gasteiger partial charge < -0.3 is 0 Å². The van der Waals surface area contributed by atoms with Gasteiger partial charge in [0.25, 0.3) is 0 Å². The Labute approximate surface area is 273 Å². The Morgan fingerprint density at radius 2 is 0.830 bits per heavy atom. The SMILES string of the molecule is c1ccc(-c2ccc(-c3nc(-c4cccc5c4C4(c6ccccc6-c6ccccc64)c4ccccc4-5)nc4ccccc34)cc2)cc1. The van der Waals surface area contributed by atoms with Crippen molar-refractivity contribution >= 4 is 10.9 Å². The van der Waals surface area contributed by atoms with Gasteiger partial charge in [-0.15, -0.1) is 0 Å². The van der Waals surface area contributed by atoms with Crippen LogP contribution in [0.5, 0.6) is 0 Å². The van der Waals surface area contributed by atoms with Crippen molar-refractivity contribution < 1.29 is 0 Å². The minimum Gasteiger partial charge on any atom is -0.228 e. The maximum Gasteiger partial charge on any atom is 0.160 e. The normalized spacial score (nSPS) is 13.3. The van der Waals surface area contributed by atoms with Crippen molar-refractivity contribution in [3.63, 3.8) is 0 Å². The lowest BCUT2D eigenvalue weighted by molar-refractivity contribution is 0.794. The maximum atomic E-state index is 5.44. The number of para-hydroxylation sites is 1. The summed E-state index contributed by atoms with van der Waals surface area (Å²) in [7, 11) is 0. The Bertz CT molecular complexity index is 2450. The Morgan fingerprint density at radius 3 is 1.51 bits per heavy atom. The zero-order valence-electron chi connectivity index (χ0n) is 25.6. The predicted molar refractivity (Wildman–Crippen MR) is 192 cm³/mol. The van der Waals surface area contributed by atoms with Gasteiger partial charge in [-0.05, 0) is 61.7 Å². The largest absolute Gasteiger partial charge is 0.228 e. The standard InChI is InChI=1S/C45H28N2/c1-2-13-29(14-3-1)30-25-27-31(28-26-30)43-36-18-7-11-24-41(36)46-44(47-43)37-20-12-19-35-34-17-6-10-23-40(34)45(42(35)37)38-21-8-4-15-32(38)33-16-5-9-22-39(33)45/h1-28H. The molecule has 0 amide bonds. The number of hydrogen-bond acceptors (Lipinski definition) is 2. The van der Waals surface area contributed by atoms with Gasteiger partial charge in [0, 0.05) is 16.5 Å². The van der Waals surface area contributed by atoms with E-state index in [0.717, 1.165) is 33.5 Å². The summed E-state index contributed by atoms with van der Waals surface area (Å²) < 4.78 is 0. The summed E-state index contributed by atoms with van der Waals surface area (Å²) >= 11 is 0. The van der Waals surface area contributed by atoms with Crippen molar-refractivity contribution in [3.8, 4) is 56.0 Å². The molecule has 0 aliphatic heterocycles. The molecule has 218 valence electrons. The van der Waals surface area contributed by atoms with E-state index in [1.54, 1.807) is 0 Å². The quantitative estimate of drug-likeness (QED) is 0.203. The molecule has 0 saturated heterocycles. The van der Waals surface area contributed by atoms with Crippen LogP contribution in [-0.2, 0) is 5.41 Å². The van der Waals surface area contributed by atoms with Crippen LogP contribution in [-0.4, -0.2) is 9.97 Å². The van der Waals surface area contributed by atoms with Crippen molar-refractivity contribution in [1.82, 2.24) is 9.97 Å². The van der Waals surface area contributed by atoms with Gasteiger partial charge in [-0.3, -0.25) is 0 Å². The molecule has 1 heterocycles. The lowest BCUT2D eigenvalue weighted by atomic mass is 9.69. The number of hydrogen-bond donors (Lipinski definition) is 0. The molecule has 0 saturated carbocycles. The summed E-state index contributed by atoms with van der Waals surface area (Å²) in [6.07, 6.45) is 0. The molecule has 0 fully saturated rings. The first-order chi connectivity index (χ1) is 23.3. The summed E-state index contributed by atoms with van der Waals surface area (Å²) in [4.78, 5) is 10.7. The maximum absolute atomic E-state index is 5.44. The molecular weight excluding hydrogens is 569 g/mol. The molecule has 8 aromatic rings. The Hall–Kier alpha value is -6.12. The van der Waals surface area contributed by atoms with E-state index in [4.69, 9.17) is 9.97 Å². The zero-order valence-corrected chi connectivity index (χ0v) is 25.6. The van der Waals surface area contributed by atoms with E-state index >= 15 is 0 Å². The molecule has 0 atom stereocenters. The molecule has 0 radical (unpaired) electrons. The fourth-order valence-electron chi connectivity index (χ4n) is 8.21. The van der Waals surface area contributed by atoms with Gasteiger partial charge in [0.15, 0.2) is 5.82 Å². The van der Waals surface area contributed by atoms with Crippen LogP contribution in [0.4, 0.5) is 0 Å². The van der Waals surface area contributed by atoms with E-state index < -0.39 is 5.41 Å². The summed E-state index contributed by atoms with van der Waals surface area (Å²) in [5, 5.41) is 1.05.